The van der Waals surface area contributed by atoms with E-state index in [0.717, 1.165) is 0 Å². The summed E-state index contributed by atoms with van der Waals surface area (Å²) < 4.78 is 44.5. The topological polar surface area (TPSA) is 163 Å². The van der Waals surface area contributed by atoms with Gasteiger partial charge in [-0.25, -0.2) is 4.18 Å². The lowest BCUT2D eigenvalue weighted by molar-refractivity contribution is -0.276. The van der Waals surface area contributed by atoms with Crippen LogP contribution in [0.15, 0.2) is 24.3 Å². The van der Waals surface area contributed by atoms with E-state index in [9.17, 15) is 28.8 Å². The first-order valence-electron chi connectivity index (χ1n) is 6.90. The second-order valence-corrected chi connectivity index (χ2v) is 6.20. The molecule has 0 saturated carbocycles. The van der Waals surface area contributed by atoms with Gasteiger partial charge in [0.25, 0.3) is 0 Å². The van der Waals surface area contributed by atoms with Gasteiger partial charge in [0.2, 0.25) is 6.29 Å². The minimum atomic E-state index is -4.77. The maximum atomic E-state index is 10.6. The quantitative estimate of drug-likeness (QED) is 0.362. The highest BCUT2D eigenvalue weighted by atomic mass is 32.3. The van der Waals surface area contributed by atoms with Crippen LogP contribution in [-0.2, 0) is 25.9 Å². The molecule has 0 aromatic heterocycles. The maximum Gasteiger partial charge on any atom is 0.397 e. The van der Waals surface area contributed by atoms with Crippen LogP contribution in [-0.4, -0.2) is 70.7 Å². The van der Waals surface area contributed by atoms with E-state index in [2.05, 4.69) is 4.18 Å². The monoisotopic (exact) mass is 366 g/mol. The predicted molar refractivity (Wildman–Crippen MR) is 77.2 cm³/mol. The van der Waals surface area contributed by atoms with Gasteiger partial charge in [-0.05, 0) is 6.07 Å². The van der Waals surface area contributed by atoms with Gasteiger partial charge in [0, 0.05) is 5.56 Å². The van der Waals surface area contributed by atoms with Crippen LogP contribution >= 0.6 is 0 Å². The summed E-state index contributed by atoms with van der Waals surface area (Å²) in [5.74, 6) is 0.169. The molecule has 1 fully saturated rings. The van der Waals surface area contributed by atoms with E-state index >= 15 is 0 Å². The zero-order valence-electron chi connectivity index (χ0n) is 12.3. The summed E-state index contributed by atoms with van der Waals surface area (Å²) in [5.41, 5.74) is 0.389. The Bertz CT molecular complexity index is 648. The van der Waals surface area contributed by atoms with Crippen LogP contribution in [0, 0.1) is 0 Å². The smallest absolute Gasteiger partial charge is 0.397 e. The van der Waals surface area contributed by atoms with Gasteiger partial charge in [0.05, 0.1) is 13.2 Å². The standard InChI is InChI=1S/C13H18O10S/c14-5-7-3-1-2-4-8(7)22-13-12(17)11(16)10(15)9(23-13)6-21-24(18,19)20/h1-4,9-17H,5-6H2,(H,18,19,20)/t9-,10-,11+,12-,13-/m1/s1. The normalized spacial score (nSPS) is 31.0. The Kier molecular flexibility index (Phi) is 6.11. The Morgan fingerprint density at radius 1 is 1.08 bits per heavy atom. The van der Waals surface area contributed by atoms with E-state index in [1.54, 1.807) is 18.2 Å². The van der Waals surface area contributed by atoms with Crippen LogP contribution < -0.4 is 4.74 Å². The van der Waals surface area contributed by atoms with Gasteiger partial charge in [0.15, 0.2) is 0 Å². The third kappa shape index (κ3) is 4.62. The molecule has 0 spiro atoms. The second-order valence-electron chi connectivity index (χ2n) is 5.11. The molecular weight excluding hydrogens is 348 g/mol. The van der Waals surface area contributed by atoms with E-state index in [1.807, 2.05) is 0 Å². The molecular formula is C13H18O10S. The van der Waals surface area contributed by atoms with Crippen molar-refractivity contribution in [2.75, 3.05) is 6.61 Å². The van der Waals surface area contributed by atoms with Gasteiger partial charge in [-0.2, -0.15) is 8.42 Å². The van der Waals surface area contributed by atoms with E-state index < -0.39 is 47.7 Å². The molecule has 1 aromatic rings. The zero-order valence-corrected chi connectivity index (χ0v) is 13.1. The Morgan fingerprint density at radius 2 is 1.75 bits per heavy atom. The van der Waals surface area contributed by atoms with Crippen molar-refractivity contribution in [2.24, 2.45) is 0 Å². The molecule has 0 amide bonds. The molecule has 1 aliphatic rings. The second kappa shape index (κ2) is 7.72. The van der Waals surface area contributed by atoms with Crippen molar-refractivity contribution in [3.05, 3.63) is 29.8 Å². The van der Waals surface area contributed by atoms with Gasteiger partial charge in [0.1, 0.15) is 30.2 Å². The molecule has 1 heterocycles. The van der Waals surface area contributed by atoms with E-state index in [0.29, 0.717) is 5.56 Å². The average molecular weight is 366 g/mol. The molecule has 0 unspecified atom stereocenters. The molecule has 1 saturated heterocycles. The average Bonchev–Trinajstić information content (AvgIpc) is 2.54. The molecule has 0 radical (unpaired) electrons. The fourth-order valence-electron chi connectivity index (χ4n) is 2.18. The summed E-state index contributed by atoms with van der Waals surface area (Å²) in [6.07, 6.45) is -7.88. The molecule has 1 aliphatic heterocycles. The van der Waals surface area contributed by atoms with E-state index in [-0.39, 0.29) is 12.4 Å². The van der Waals surface area contributed by atoms with Gasteiger partial charge in [-0.3, -0.25) is 4.55 Å². The van der Waals surface area contributed by atoms with Crippen LogP contribution in [0.1, 0.15) is 5.56 Å². The number of ether oxygens (including phenoxy) is 2. The van der Waals surface area contributed by atoms with E-state index in [4.69, 9.17) is 14.0 Å². The van der Waals surface area contributed by atoms with Crippen LogP contribution in [0.2, 0.25) is 0 Å². The Morgan fingerprint density at radius 3 is 2.38 bits per heavy atom. The molecule has 2 rings (SSSR count). The molecule has 5 N–H and O–H groups in total. The molecule has 24 heavy (non-hydrogen) atoms. The summed E-state index contributed by atoms with van der Waals surface area (Å²) in [4.78, 5) is 0. The van der Waals surface area contributed by atoms with Crippen molar-refractivity contribution in [1.29, 1.82) is 0 Å². The van der Waals surface area contributed by atoms with Gasteiger partial charge in [-0.15, -0.1) is 0 Å². The molecule has 0 aliphatic carbocycles. The van der Waals surface area contributed by atoms with Crippen molar-refractivity contribution in [3.63, 3.8) is 0 Å². The Balaban J connectivity index is 2.13. The highest BCUT2D eigenvalue weighted by molar-refractivity contribution is 7.80. The van der Waals surface area contributed by atoms with Crippen molar-refractivity contribution >= 4 is 10.4 Å². The first kappa shape index (κ1) is 19.0. The summed E-state index contributed by atoms with van der Waals surface area (Å²) >= 11 is 0. The predicted octanol–water partition coefficient (Wildman–Crippen LogP) is -1.82. The Hall–Kier alpha value is -1.31. The van der Waals surface area contributed by atoms with Crippen LogP contribution in [0.5, 0.6) is 5.75 Å². The third-order valence-electron chi connectivity index (χ3n) is 3.44. The maximum absolute atomic E-state index is 10.6. The zero-order chi connectivity index (χ0) is 17.9. The first-order chi connectivity index (χ1) is 11.2. The number of hydrogen-bond acceptors (Lipinski definition) is 9. The molecule has 0 bridgehead atoms. The fourth-order valence-corrected chi connectivity index (χ4v) is 2.49. The summed E-state index contributed by atoms with van der Waals surface area (Å²) in [6.45, 7) is -1.15. The van der Waals surface area contributed by atoms with Crippen LogP contribution in [0.3, 0.4) is 0 Å². The molecule has 5 atom stereocenters. The number of aliphatic hydroxyl groups excluding tert-OH is 4. The van der Waals surface area contributed by atoms with Crippen molar-refractivity contribution in [2.45, 2.75) is 37.3 Å². The number of para-hydroxylation sites is 1. The molecule has 10 nitrogen and oxygen atoms in total. The number of benzene rings is 1. The lowest BCUT2D eigenvalue weighted by Gasteiger charge is -2.40. The largest absolute Gasteiger partial charge is 0.462 e. The SMILES string of the molecule is O=S(=O)(O)OC[C@H]1O[C@@H](Oc2ccccc2CO)[C@H](O)[C@@H](O)[C@@H]1O. The number of rotatable bonds is 6. The number of aliphatic hydroxyl groups is 4. The highest BCUT2D eigenvalue weighted by Crippen LogP contribution is 2.26. The minimum absolute atomic E-state index is 0.169. The van der Waals surface area contributed by atoms with Crippen molar-refractivity contribution in [3.8, 4) is 5.75 Å². The van der Waals surface area contributed by atoms with Crippen LogP contribution in [0.25, 0.3) is 0 Å². The molecule has 11 heteroatoms. The third-order valence-corrected chi connectivity index (χ3v) is 3.87. The van der Waals surface area contributed by atoms with Crippen molar-refractivity contribution in [1.82, 2.24) is 0 Å². The van der Waals surface area contributed by atoms with Gasteiger partial charge < -0.3 is 29.9 Å². The van der Waals surface area contributed by atoms with Gasteiger partial charge in [-0.1, -0.05) is 18.2 Å². The summed E-state index contributed by atoms with van der Waals surface area (Å²) in [7, 11) is -4.77. The minimum Gasteiger partial charge on any atom is -0.462 e. The van der Waals surface area contributed by atoms with Gasteiger partial charge >= 0.3 is 10.4 Å². The summed E-state index contributed by atoms with van der Waals surface area (Å²) in [5, 5.41) is 38.8. The van der Waals surface area contributed by atoms with E-state index in [1.165, 1.54) is 6.07 Å². The van der Waals surface area contributed by atoms with Crippen LogP contribution in [0.4, 0.5) is 0 Å². The summed E-state index contributed by atoms with van der Waals surface area (Å²) in [6, 6.07) is 6.31. The first-order valence-corrected chi connectivity index (χ1v) is 8.26. The molecule has 136 valence electrons. The highest BCUT2D eigenvalue weighted by Gasteiger charge is 2.45. The molecule has 1 aromatic carbocycles. The van der Waals surface area contributed by atoms with Crippen molar-refractivity contribution < 1.29 is 47.1 Å². The lowest BCUT2D eigenvalue weighted by Crippen LogP contribution is -2.60. The Labute approximate surface area is 137 Å². The lowest BCUT2D eigenvalue weighted by atomic mass is 9.99. The fraction of sp³-hybridized carbons (Fsp3) is 0.538. The number of hydrogen-bond donors (Lipinski definition) is 5.